The average molecular weight is 900 g/mol. The summed E-state index contributed by atoms with van der Waals surface area (Å²) in [5, 5.41) is 23.7. The lowest BCUT2D eigenvalue weighted by Crippen LogP contribution is -2.58. The van der Waals surface area contributed by atoms with Crippen LogP contribution in [-0.2, 0) is 59.3 Å². The number of nitrogens with one attached hydrogen (secondary N) is 5. The number of hydrogen-bond donors (Lipinski definition) is 7. The van der Waals surface area contributed by atoms with Crippen LogP contribution in [0.2, 0.25) is 0 Å². The summed E-state index contributed by atoms with van der Waals surface area (Å²) in [4.78, 5) is 95.8. The molecule has 16 nitrogen and oxygen atoms in total. The Labute approximate surface area is 383 Å². The molecule has 66 heavy (non-hydrogen) atoms. The lowest BCUT2D eigenvalue weighted by atomic mass is 9.74. The summed E-state index contributed by atoms with van der Waals surface area (Å²) >= 11 is 0. The molecule has 0 aliphatic carbocycles. The molecule has 1 saturated heterocycles. The number of carbonyl (C=O) groups is 7. The van der Waals surface area contributed by atoms with E-state index in [0.29, 0.717) is 43.7 Å². The van der Waals surface area contributed by atoms with Gasteiger partial charge in [0.15, 0.2) is 0 Å². The first-order valence-electron chi connectivity index (χ1n) is 22.1. The summed E-state index contributed by atoms with van der Waals surface area (Å²) in [7, 11) is 0. The van der Waals surface area contributed by atoms with Gasteiger partial charge in [0.25, 0.3) is 0 Å². The molecule has 1 fully saturated rings. The van der Waals surface area contributed by atoms with Crippen molar-refractivity contribution in [2.45, 2.75) is 57.2 Å². The van der Waals surface area contributed by atoms with Crippen LogP contribution in [0.4, 0.5) is 0 Å². The van der Waals surface area contributed by atoms with Gasteiger partial charge in [-0.25, -0.2) is 4.79 Å². The summed E-state index contributed by atoms with van der Waals surface area (Å²) < 4.78 is 5.36. The SMILES string of the molecule is NCCOCCNC(=O)[C@@H]1CCNC(=O)/C=C/C(=O)N2CCC[C@](Cc3ccccc3)(C2)C(=O)N[C@@H](Cc2ccc(-c3ccc(C(=O)O)cc3)cc2)C(=O)NCc2ccccc2CC(=O)N1. The van der Waals surface area contributed by atoms with Gasteiger partial charge in [-0.2, -0.15) is 0 Å². The van der Waals surface area contributed by atoms with Crippen molar-refractivity contribution in [3.05, 3.63) is 143 Å². The van der Waals surface area contributed by atoms with Crippen LogP contribution in [0.25, 0.3) is 11.1 Å². The van der Waals surface area contributed by atoms with Gasteiger partial charge < -0.3 is 47.1 Å². The normalized spacial score (nSPS) is 20.5. The maximum absolute atomic E-state index is 14.9. The minimum atomic E-state index is -1.14. The number of amides is 6. The van der Waals surface area contributed by atoms with Crippen LogP contribution in [0.1, 0.15) is 51.9 Å². The third-order valence-electron chi connectivity index (χ3n) is 11.7. The highest BCUT2D eigenvalue weighted by Crippen LogP contribution is 2.35. The molecule has 3 atom stereocenters. The molecule has 346 valence electrons. The molecule has 0 saturated carbocycles. The van der Waals surface area contributed by atoms with E-state index in [2.05, 4.69) is 26.6 Å². The number of hydrogen-bond acceptors (Lipinski definition) is 9. The predicted molar refractivity (Wildman–Crippen MR) is 246 cm³/mol. The fourth-order valence-electron chi connectivity index (χ4n) is 8.21. The Bertz CT molecular complexity index is 2370. The van der Waals surface area contributed by atoms with E-state index in [0.717, 1.165) is 34.4 Å². The van der Waals surface area contributed by atoms with Crippen molar-refractivity contribution in [3.8, 4) is 11.1 Å². The predicted octanol–water partition coefficient (Wildman–Crippen LogP) is 2.44. The lowest BCUT2D eigenvalue weighted by molar-refractivity contribution is -0.141. The number of nitrogens with zero attached hydrogens (tertiary/aromatic N) is 1. The first kappa shape index (κ1) is 48.3. The maximum atomic E-state index is 14.9. The highest BCUT2D eigenvalue weighted by molar-refractivity contribution is 5.97. The van der Waals surface area contributed by atoms with Crippen LogP contribution in [0.5, 0.6) is 0 Å². The van der Waals surface area contributed by atoms with E-state index >= 15 is 0 Å². The largest absolute Gasteiger partial charge is 0.478 e. The molecule has 0 aromatic heterocycles. The second-order valence-corrected chi connectivity index (χ2v) is 16.5. The van der Waals surface area contributed by atoms with Crippen molar-refractivity contribution in [1.82, 2.24) is 31.5 Å². The zero-order valence-electron chi connectivity index (χ0n) is 36.8. The van der Waals surface area contributed by atoms with Gasteiger partial charge in [-0.3, -0.25) is 28.8 Å². The highest BCUT2D eigenvalue weighted by Gasteiger charge is 2.44. The molecule has 8 N–H and O–H groups in total. The number of aromatic carboxylic acids is 1. The van der Waals surface area contributed by atoms with Crippen molar-refractivity contribution in [1.29, 1.82) is 0 Å². The Balaban J connectivity index is 1.30. The molecule has 2 aliphatic rings. The molecule has 2 aliphatic heterocycles. The van der Waals surface area contributed by atoms with Crippen molar-refractivity contribution in [2.75, 3.05) is 45.9 Å². The molecular formula is C50H57N7O9. The molecule has 6 rings (SSSR count). The number of benzene rings is 4. The van der Waals surface area contributed by atoms with Gasteiger partial charge in [-0.15, -0.1) is 0 Å². The first-order chi connectivity index (χ1) is 31.9. The fourth-order valence-corrected chi connectivity index (χ4v) is 8.21. The van der Waals surface area contributed by atoms with Crippen LogP contribution in [-0.4, -0.2) is 109 Å². The maximum Gasteiger partial charge on any atom is 0.335 e. The second kappa shape index (κ2) is 23.7. The summed E-state index contributed by atoms with van der Waals surface area (Å²) in [6.07, 6.45) is 3.48. The van der Waals surface area contributed by atoms with Crippen molar-refractivity contribution in [3.63, 3.8) is 0 Å². The molecule has 2 heterocycles. The van der Waals surface area contributed by atoms with E-state index < -0.39 is 58.9 Å². The molecule has 6 amide bonds. The summed E-state index contributed by atoms with van der Waals surface area (Å²) in [6, 6.07) is 28.4. The molecule has 4 aromatic carbocycles. The smallest absolute Gasteiger partial charge is 0.335 e. The third-order valence-corrected chi connectivity index (χ3v) is 11.7. The minimum absolute atomic E-state index is 0.000206. The van der Waals surface area contributed by atoms with Crippen LogP contribution >= 0.6 is 0 Å². The first-order valence-corrected chi connectivity index (χ1v) is 22.1. The Hall–Kier alpha value is -7.17. The fraction of sp³-hybridized carbons (Fsp3) is 0.340. The lowest BCUT2D eigenvalue weighted by Gasteiger charge is -2.42. The van der Waals surface area contributed by atoms with Gasteiger partial charge in [-0.1, -0.05) is 91.0 Å². The van der Waals surface area contributed by atoms with E-state index in [1.807, 2.05) is 54.6 Å². The van der Waals surface area contributed by atoms with Crippen LogP contribution in [0, 0.1) is 5.41 Å². The molecular weight excluding hydrogens is 843 g/mol. The van der Waals surface area contributed by atoms with E-state index in [9.17, 15) is 38.7 Å². The average Bonchev–Trinajstić information content (AvgIpc) is 3.32. The van der Waals surface area contributed by atoms with Crippen LogP contribution in [0.3, 0.4) is 0 Å². The van der Waals surface area contributed by atoms with E-state index in [-0.39, 0.29) is 64.0 Å². The Kier molecular flexibility index (Phi) is 17.3. The van der Waals surface area contributed by atoms with Gasteiger partial charge in [0, 0.05) is 57.8 Å². The Morgan fingerprint density at radius 1 is 0.803 bits per heavy atom. The zero-order valence-corrected chi connectivity index (χ0v) is 36.8. The number of nitrogens with two attached hydrogens (primary N) is 1. The van der Waals surface area contributed by atoms with Crippen LogP contribution in [0.15, 0.2) is 115 Å². The summed E-state index contributed by atoms with van der Waals surface area (Å²) in [5.74, 6) is -3.89. The van der Waals surface area contributed by atoms with Gasteiger partial charge >= 0.3 is 5.97 Å². The van der Waals surface area contributed by atoms with Crippen LogP contribution < -0.4 is 32.3 Å². The second-order valence-electron chi connectivity index (χ2n) is 16.5. The van der Waals surface area contributed by atoms with Gasteiger partial charge in [0.1, 0.15) is 12.1 Å². The Morgan fingerprint density at radius 2 is 1.50 bits per heavy atom. The standard InChI is InChI=1S/C50H57N7O9/c51-23-27-66-28-25-53-46(61)41-21-24-52-43(58)19-20-45(60)57-26-6-22-50(33-57,31-35-7-2-1-3-8-35)49(65)56-42(47(62)54-32-40-10-5-4-9-39(40)30-44(59)55-41)29-34-11-13-36(14-12-34)37-15-17-38(18-16-37)48(63)64/h1-5,7-20,41-42H,6,21-33,51H2,(H,52,58)(H,53,61)(H,54,62)(H,55,59)(H,56,65)(H,63,64)/b20-19+/t41-,42-,50-/m0/s1. The van der Waals surface area contributed by atoms with Crippen molar-refractivity contribution < 1.29 is 43.4 Å². The molecule has 4 aromatic rings. The number of rotatable bonds is 12. The van der Waals surface area contributed by atoms with Crippen molar-refractivity contribution >= 4 is 41.4 Å². The molecule has 0 unspecified atom stereocenters. The molecule has 2 bridgehead atoms. The topological polar surface area (TPSA) is 238 Å². The van der Waals surface area contributed by atoms with E-state index in [1.54, 1.807) is 41.3 Å². The Morgan fingerprint density at radius 3 is 2.21 bits per heavy atom. The zero-order chi connectivity index (χ0) is 46.9. The molecule has 16 heteroatoms. The molecule has 0 radical (unpaired) electrons. The van der Waals surface area contributed by atoms with Gasteiger partial charge in [0.05, 0.1) is 30.6 Å². The van der Waals surface area contributed by atoms with Gasteiger partial charge in [0.2, 0.25) is 35.4 Å². The monoisotopic (exact) mass is 899 g/mol. The number of carboxylic acids is 1. The third kappa shape index (κ3) is 13.7. The number of carboxylic acid groups (broad SMARTS) is 1. The van der Waals surface area contributed by atoms with E-state index in [1.165, 1.54) is 12.1 Å². The minimum Gasteiger partial charge on any atom is -0.478 e. The summed E-state index contributed by atoms with van der Waals surface area (Å²) in [6.45, 7) is 1.43. The number of ether oxygens (including phenoxy) is 1. The highest BCUT2D eigenvalue weighted by atomic mass is 16.5. The van der Waals surface area contributed by atoms with E-state index in [4.69, 9.17) is 10.5 Å². The van der Waals surface area contributed by atoms with Gasteiger partial charge in [-0.05, 0) is 71.2 Å². The number of fused-ring (bicyclic) bond motifs is 3. The summed E-state index contributed by atoms with van der Waals surface area (Å²) in [5.41, 5.74) is 9.00. The molecule has 0 spiro atoms. The number of piperidine rings is 1. The van der Waals surface area contributed by atoms with Crippen molar-refractivity contribution in [2.24, 2.45) is 11.1 Å². The quantitative estimate of drug-likeness (QED) is 0.103. The number of carbonyl (C=O) groups excluding carboxylic acids is 6.